The fraction of sp³-hybridized carbons (Fsp3) is 0.533. The molecule has 2 atom stereocenters. The summed E-state index contributed by atoms with van der Waals surface area (Å²) in [7, 11) is 1.63. The molecule has 0 aliphatic heterocycles. The fourth-order valence-electron chi connectivity index (χ4n) is 2.08. The van der Waals surface area contributed by atoms with Gasteiger partial charge in [0.2, 0.25) is 6.41 Å². The van der Waals surface area contributed by atoms with Crippen LogP contribution in [0.4, 0.5) is 0 Å². The summed E-state index contributed by atoms with van der Waals surface area (Å²) in [5, 5.41) is 3.42. The first-order valence-electron chi connectivity index (χ1n) is 6.74. The summed E-state index contributed by atoms with van der Waals surface area (Å²) in [6, 6.07) is 5.81. The second kappa shape index (κ2) is 8.82. The third kappa shape index (κ3) is 4.69. The summed E-state index contributed by atoms with van der Waals surface area (Å²) in [4.78, 5) is 10.6. The summed E-state index contributed by atoms with van der Waals surface area (Å²) in [6.07, 6.45) is 1.61. The van der Waals surface area contributed by atoms with Crippen LogP contribution in [0.15, 0.2) is 18.2 Å². The van der Waals surface area contributed by atoms with E-state index in [0.29, 0.717) is 24.0 Å². The number of hydrogen-bond donors (Lipinski definition) is 1. The normalized spacial score (nSPS) is 13.6. The van der Waals surface area contributed by atoms with Gasteiger partial charge in [0.15, 0.2) is 0 Å². The Hall–Kier alpha value is -1.26. The number of ether oxygens (including phenoxy) is 2. The van der Waals surface area contributed by atoms with Crippen LogP contribution in [0, 0.1) is 0 Å². The predicted molar refractivity (Wildman–Crippen MR) is 80.5 cm³/mol. The highest BCUT2D eigenvalue weighted by molar-refractivity contribution is 6.32. The Balaban J connectivity index is 2.84. The van der Waals surface area contributed by atoms with Gasteiger partial charge in [0.05, 0.1) is 11.6 Å². The monoisotopic (exact) mass is 299 g/mol. The fourth-order valence-corrected chi connectivity index (χ4v) is 2.26. The molecule has 1 aromatic carbocycles. The highest BCUT2D eigenvalue weighted by atomic mass is 35.5. The van der Waals surface area contributed by atoms with Gasteiger partial charge in [-0.3, -0.25) is 4.79 Å². The van der Waals surface area contributed by atoms with E-state index >= 15 is 0 Å². The molecule has 0 saturated heterocycles. The lowest BCUT2D eigenvalue weighted by atomic mass is 9.91. The summed E-state index contributed by atoms with van der Waals surface area (Å²) in [5.74, 6) is 0.835. The molecule has 4 nitrogen and oxygen atoms in total. The summed E-state index contributed by atoms with van der Waals surface area (Å²) < 4.78 is 10.5. The third-order valence-corrected chi connectivity index (χ3v) is 3.66. The molecule has 0 aromatic heterocycles. The van der Waals surface area contributed by atoms with Gasteiger partial charge in [-0.05, 0) is 24.1 Å². The molecule has 1 amide bonds. The van der Waals surface area contributed by atoms with Crippen LogP contribution < -0.4 is 10.1 Å². The molecule has 5 heteroatoms. The first-order chi connectivity index (χ1) is 9.63. The van der Waals surface area contributed by atoms with E-state index in [1.165, 1.54) is 0 Å². The van der Waals surface area contributed by atoms with Crippen molar-refractivity contribution < 1.29 is 14.3 Å². The molecule has 112 valence electrons. The number of methoxy groups -OCH3 is 1. The van der Waals surface area contributed by atoms with Crippen LogP contribution >= 0.6 is 11.6 Å². The van der Waals surface area contributed by atoms with E-state index in [2.05, 4.69) is 12.2 Å². The second-order valence-electron chi connectivity index (χ2n) is 4.62. The van der Waals surface area contributed by atoms with Gasteiger partial charge < -0.3 is 14.8 Å². The van der Waals surface area contributed by atoms with E-state index in [-0.39, 0.29) is 12.0 Å². The van der Waals surface area contributed by atoms with E-state index in [4.69, 9.17) is 21.1 Å². The number of carbonyl (C=O) groups excluding carboxylic acids is 1. The number of amides is 1. The molecule has 0 saturated carbocycles. The molecule has 1 aromatic rings. The topological polar surface area (TPSA) is 47.6 Å². The molecule has 20 heavy (non-hydrogen) atoms. The van der Waals surface area contributed by atoms with Crippen molar-refractivity contribution in [3.63, 3.8) is 0 Å². The van der Waals surface area contributed by atoms with Gasteiger partial charge in [-0.2, -0.15) is 0 Å². The molecular formula is C15H22ClNO3. The van der Waals surface area contributed by atoms with Crippen molar-refractivity contribution >= 4 is 18.0 Å². The Bertz CT molecular complexity index is 426. The smallest absolute Gasteiger partial charge is 0.207 e. The average Bonchev–Trinajstić information content (AvgIpc) is 2.46. The zero-order chi connectivity index (χ0) is 15.0. The van der Waals surface area contributed by atoms with Crippen LogP contribution in [-0.4, -0.2) is 32.8 Å². The summed E-state index contributed by atoms with van der Waals surface area (Å²) in [5.41, 5.74) is 1.09. The SMILES string of the molecule is CC[C@@H](NC=O)[C@@H](C)c1ccc(Cl)c(OCCOC)c1. The number of halogens is 1. The lowest BCUT2D eigenvalue weighted by Gasteiger charge is -2.23. The quantitative estimate of drug-likeness (QED) is 0.563. The minimum atomic E-state index is 0.0977. The zero-order valence-electron chi connectivity index (χ0n) is 12.2. The molecule has 1 rings (SSSR count). The van der Waals surface area contributed by atoms with Crippen LogP contribution in [0.25, 0.3) is 0 Å². The van der Waals surface area contributed by atoms with Gasteiger partial charge in [-0.25, -0.2) is 0 Å². The number of benzene rings is 1. The van der Waals surface area contributed by atoms with Gasteiger partial charge in [0, 0.05) is 19.1 Å². The predicted octanol–water partition coefficient (Wildman–Crippen LogP) is 2.99. The van der Waals surface area contributed by atoms with Crippen LogP contribution in [0.5, 0.6) is 5.75 Å². The maximum Gasteiger partial charge on any atom is 0.207 e. The van der Waals surface area contributed by atoms with Crippen molar-refractivity contribution in [3.05, 3.63) is 28.8 Å². The molecule has 0 bridgehead atoms. The third-order valence-electron chi connectivity index (χ3n) is 3.35. The van der Waals surface area contributed by atoms with Crippen LogP contribution in [0.1, 0.15) is 31.7 Å². The molecule has 1 N–H and O–H groups in total. The Morgan fingerprint density at radius 3 is 2.75 bits per heavy atom. The summed E-state index contributed by atoms with van der Waals surface area (Å²) >= 11 is 6.12. The Kier molecular flexibility index (Phi) is 7.41. The van der Waals surface area contributed by atoms with Crippen LogP contribution in [0.3, 0.4) is 0 Å². The van der Waals surface area contributed by atoms with Crippen LogP contribution in [-0.2, 0) is 9.53 Å². The molecule has 0 radical (unpaired) electrons. The van der Waals surface area contributed by atoms with Crippen molar-refractivity contribution in [1.82, 2.24) is 5.32 Å². The minimum absolute atomic E-state index is 0.0977. The largest absolute Gasteiger partial charge is 0.490 e. The van der Waals surface area contributed by atoms with Crippen molar-refractivity contribution in [3.8, 4) is 5.75 Å². The first-order valence-corrected chi connectivity index (χ1v) is 7.12. The minimum Gasteiger partial charge on any atom is -0.490 e. The second-order valence-corrected chi connectivity index (χ2v) is 5.03. The first kappa shape index (κ1) is 16.8. The Morgan fingerprint density at radius 2 is 2.15 bits per heavy atom. The van der Waals surface area contributed by atoms with E-state index < -0.39 is 0 Å². The molecule has 0 aliphatic rings. The van der Waals surface area contributed by atoms with Crippen molar-refractivity contribution in [2.24, 2.45) is 0 Å². The van der Waals surface area contributed by atoms with Crippen LogP contribution in [0.2, 0.25) is 5.02 Å². The molecular weight excluding hydrogens is 278 g/mol. The summed E-state index contributed by atoms with van der Waals surface area (Å²) in [6.45, 7) is 5.09. The standard InChI is InChI=1S/C15H22ClNO3/c1-4-14(17-10-18)11(2)12-5-6-13(16)15(9-12)20-8-7-19-3/h5-6,9-11,14H,4,7-8H2,1-3H3,(H,17,18)/t11-,14+/m0/s1. The maximum absolute atomic E-state index is 10.6. The highest BCUT2D eigenvalue weighted by Gasteiger charge is 2.17. The van der Waals surface area contributed by atoms with E-state index in [9.17, 15) is 4.79 Å². The molecule has 0 spiro atoms. The van der Waals surface area contributed by atoms with Gasteiger partial charge in [-0.1, -0.05) is 31.5 Å². The Morgan fingerprint density at radius 1 is 1.40 bits per heavy atom. The van der Waals surface area contributed by atoms with Crippen molar-refractivity contribution in [2.75, 3.05) is 20.3 Å². The number of hydrogen-bond acceptors (Lipinski definition) is 3. The lowest BCUT2D eigenvalue weighted by molar-refractivity contribution is -0.110. The number of rotatable bonds is 9. The lowest BCUT2D eigenvalue weighted by Crippen LogP contribution is -2.32. The van der Waals surface area contributed by atoms with Crippen molar-refractivity contribution in [1.29, 1.82) is 0 Å². The number of nitrogens with one attached hydrogen (secondary N) is 1. The van der Waals surface area contributed by atoms with Gasteiger partial charge in [0.25, 0.3) is 0 Å². The molecule has 0 aliphatic carbocycles. The van der Waals surface area contributed by atoms with E-state index in [1.54, 1.807) is 7.11 Å². The van der Waals surface area contributed by atoms with Gasteiger partial charge >= 0.3 is 0 Å². The molecule has 0 heterocycles. The van der Waals surface area contributed by atoms with Gasteiger partial charge in [0.1, 0.15) is 12.4 Å². The Labute approximate surface area is 125 Å². The average molecular weight is 300 g/mol. The van der Waals surface area contributed by atoms with Gasteiger partial charge in [-0.15, -0.1) is 0 Å². The van der Waals surface area contributed by atoms with E-state index in [1.807, 2.05) is 25.1 Å². The van der Waals surface area contributed by atoms with E-state index in [0.717, 1.165) is 18.4 Å². The molecule has 0 unspecified atom stereocenters. The maximum atomic E-state index is 10.6. The highest BCUT2D eigenvalue weighted by Crippen LogP contribution is 2.30. The van der Waals surface area contributed by atoms with Crippen molar-refractivity contribution in [2.45, 2.75) is 32.2 Å². The number of carbonyl (C=O) groups is 1. The molecule has 0 fully saturated rings. The zero-order valence-corrected chi connectivity index (χ0v) is 12.9.